The molecule has 1 saturated heterocycles. The monoisotopic (exact) mass is 614 g/mol. The van der Waals surface area contributed by atoms with Crippen LogP contribution in [-0.2, 0) is 17.8 Å². The van der Waals surface area contributed by atoms with Crippen LogP contribution in [0.5, 0.6) is 5.75 Å². The number of ether oxygens (including phenoxy) is 1. The molecule has 5 rings (SSSR count). The Hall–Kier alpha value is -4.15. The van der Waals surface area contributed by atoms with E-state index in [-0.39, 0.29) is 43.0 Å². The Morgan fingerprint density at radius 2 is 1.84 bits per heavy atom. The van der Waals surface area contributed by atoms with Crippen LogP contribution in [0.1, 0.15) is 44.2 Å². The number of rotatable bonds is 9. The van der Waals surface area contributed by atoms with E-state index in [1.54, 1.807) is 17.3 Å². The average molecular weight is 615 g/mol. The highest BCUT2D eigenvalue weighted by molar-refractivity contribution is 6.02. The van der Waals surface area contributed by atoms with Gasteiger partial charge in [-0.15, -0.1) is 0 Å². The lowest BCUT2D eigenvalue weighted by molar-refractivity contribution is -0.134. The molecule has 3 aromatic rings. The number of piperidine rings is 1. The third-order valence-corrected chi connectivity index (χ3v) is 8.72. The summed E-state index contributed by atoms with van der Waals surface area (Å²) in [5.74, 6) is 0.533. The molecule has 2 aromatic carbocycles. The number of pyridine rings is 1. The van der Waals surface area contributed by atoms with Gasteiger partial charge in [0.1, 0.15) is 11.9 Å². The Morgan fingerprint density at radius 3 is 2.60 bits per heavy atom. The van der Waals surface area contributed by atoms with Crippen LogP contribution in [0.25, 0.3) is 0 Å². The Bertz CT molecular complexity index is 1430. The number of nitrogens with one attached hydrogen (secondary N) is 2. The highest BCUT2D eigenvalue weighted by atomic mass is 16.5. The van der Waals surface area contributed by atoms with Crippen LogP contribution in [-0.4, -0.2) is 83.8 Å². The van der Waals surface area contributed by atoms with Crippen molar-refractivity contribution >= 4 is 29.0 Å². The van der Waals surface area contributed by atoms with Crippen LogP contribution in [0.3, 0.4) is 0 Å². The van der Waals surface area contributed by atoms with Crippen molar-refractivity contribution < 1.29 is 19.4 Å². The molecule has 3 N–H and O–H groups in total. The van der Waals surface area contributed by atoms with E-state index in [1.807, 2.05) is 61.5 Å². The fourth-order valence-electron chi connectivity index (χ4n) is 6.17. The molecule has 3 heterocycles. The number of carbonyl (C=O) groups is 2. The van der Waals surface area contributed by atoms with Crippen LogP contribution in [0, 0.1) is 5.92 Å². The minimum Gasteiger partial charge on any atom is -0.488 e. The smallest absolute Gasteiger partial charge is 0.323 e. The molecule has 0 bridgehead atoms. The van der Waals surface area contributed by atoms with Gasteiger partial charge in [0, 0.05) is 62.3 Å². The molecule has 0 radical (unpaired) electrons. The number of carbonyl (C=O) groups excluding carboxylic acids is 2. The minimum atomic E-state index is -0.352. The van der Waals surface area contributed by atoms with E-state index < -0.39 is 0 Å². The predicted molar refractivity (Wildman–Crippen MR) is 178 cm³/mol. The Labute approximate surface area is 266 Å². The third kappa shape index (κ3) is 8.52. The molecular formula is C35H46N6O4. The van der Waals surface area contributed by atoms with Crippen LogP contribution in [0.15, 0.2) is 67.0 Å². The number of hydrogen-bond donors (Lipinski definition) is 3. The van der Waals surface area contributed by atoms with Gasteiger partial charge in [0.15, 0.2) is 0 Å². The van der Waals surface area contributed by atoms with Crippen molar-refractivity contribution in [2.24, 2.45) is 5.92 Å². The second kappa shape index (κ2) is 15.2. The summed E-state index contributed by atoms with van der Waals surface area (Å²) in [5, 5.41) is 16.0. The Balaban J connectivity index is 1.34. The van der Waals surface area contributed by atoms with Gasteiger partial charge in [0.25, 0.3) is 0 Å². The van der Waals surface area contributed by atoms with Gasteiger partial charge in [0.2, 0.25) is 5.91 Å². The summed E-state index contributed by atoms with van der Waals surface area (Å²) in [7, 11) is 2.05. The lowest BCUT2D eigenvalue weighted by atomic mass is 10.0. The fraction of sp³-hybridized carbons (Fsp3) is 0.457. The summed E-state index contributed by atoms with van der Waals surface area (Å²) in [6.07, 6.45) is 6.98. The summed E-state index contributed by atoms with van der Waals surface area (Å²) in [4.78, 5) is 37.2. The lowest BCUT2D eigenvalue weighted by Crippen LogP contribution is -2.47. The molecule has 3 atom stereocenters. The summed E-state index contributed by atoms with van der Waals surface area (Å²) in [5.41, 5.74) is 4.20. The van der Waals surface area contributed by atoms with Gasteiger partial charge in [-0.25, -0.2) is 4.79 Å². The van der Waals surface area contributed by atoms with E-state index in [0.29, 0.717) is 30.1 Å². The number of hydrogen-bond acceptors (Lipinski definition) is 7. The van der Waals surface area contributed by atoms with Crippen molar-refractivity contribution in [2.45, 2.75) is 58.2 Å². The maximum Gasteiger partial charge on any atom is 0.323 e. The van der Waals surface area contributed by atoms with Crippen molar-refractivity contribution in [1.82, 2.24) is 14.8 Å². The maximum atomic E-state index is 13.6. The molecule has 1 fully saturated rings. The van der Waals surface area contributed by atoms with Crippen LogP contribution in [0.4, 0.5) is 21.9 Å². The molecule has 3 amide bonds. The number of aromatic nitrogens is 1. The first-order valence-corrected chi connectivity index (χ1v) is 16.0. The van der Waals surface area contributed by atoms with Crippen LogP contribution < -0.4 is 20.3 Å². The first kappa shape index (κ1) is 32.2. The van der Waals surface area contributed by atoms with Crippen molar-refractivity contribution in [2.75, 3.05) is 55.4 Å². The standard InChI is InChI=1S/C35H46N6O4/c1-25-21-41(26(2)24-42)34(43)20-28-19-29(11-12-32(28)45-33(25)23-39(3)22-27-13-15-36-16-14-27)37-35(44)38-30-9-5-6-10-31(30)40-17-7-4-8-18-40/h5-6,9-16,19,25-26,33,42H,4,7-8,17-18,20-24H2,1-3H3,(H2,37,38,44)/t25?,26-,33-/m0/s1. The van der Waals surface area contributed by atoms with Crippen LogP contribution >= 0.6 is 0 Å². The number of benzene rings is 2. The minimum absolute atomic E-state index is 0.00246. The van der Waals surface area contributed by atoms with Gasteiger partial charge in [-0.05, 0) is 81.3 Å². The van der Waals surface area contributed by atoms with Gasteiger partial charge >= 0.3 is 6.03 Å². The molecule has 2 aliphatic heterocycles. The second-order valence-corrected chi connectivity index (χ2v) is 12.4. The van der Waals surface area contributed by atoms with Gasteiger partial charge in [-0.3, -0.25) is 14.7 Å². The van der Waals surface area contributed by atoms with Crippen molar-refractivity contribution in [3.05, 3.63) is 78.1 Å². The molecule has 1 unspecified atom stereocenters. The van der Waals surface area contributed by atoms with E-state index in [0.717, 1.165) is 49.4 Å². The quantitative estimate of drug-likeness (QED) is 0.311. The van der Waals surface area contributed by atoms with Gasteiger partial charge in [-0.1, -0.05) is 19.1 Å². The molecule has 2 aliphatic rings. The van der Waals surface area contributed by atoms with Gasteiger partial charge in [0.05, 0.1) is 30.4 Å². The van der Waals surface area contributed by atoms with E-state index in [1.165, 1.54) is 6.42 Å². The van der Waals surface area contributed by atoms with Crippen LogP contribution in [0.2, 0.25) is 0 Å². The molecule has 10 nitrogen and oxygen atoms in total. The first-order chi connectivity index (χ1) is 21.8. The molecule has 0 aliphatic carbocycles. The predicted octanol–water partition coefficient (Wildman–Crippen LogP) is 5.00. The number of aliphatic hydroxyl groups is 1. The fourth-order valence-corrected chi connectivity index (χ4v) is 6.17. The highest BCUT2D eigenvalue weighted by Crippen LogP contribution is 2.31. The number of anilines is 3. The van der Waals surface area contributed by atoms with Crippen molar-refractivity contribution in [1.29, 1.82) is 0 Å². The number of para-hydroxylation sites is 2. The molecule has 240 valence electrons. The largest absolute Gasteiger partial charge is 0.488 e. The van der Waals surface area contributed by atoms with Gasteiger partial charge < -0.3 is 30.3 Å². The zero-order valence-corrected chi connectivity index (χ0v) is 26.6. The average Bonchev–Trinajstić information content (AvgIpc) is 3.09. The Morgan fingerprint density at radius 1 is 1.09 bits per heavy atom. The zero-order chi connectivity index (χ0) is 31.8. The third-order valence-electron chi connectivity index (χ3n) is 8.72. The molecule has 0 saturated carbocycles. The van der Waals surface area contributed by atoms with E-state index in [4.69, 9.17) is 4.74 Å². The lowest BCUT2D eigenvalue weighted by Gasteiger charge is -2.34. The zero-order valence-electron chi connectivity index (χ0n) is 26.6. The maximum absolute atomic E-state index is 13.6. The number of aliphatic hydroxyl groups excluding tert-OH is 1. The summed E-state index contributed by atoms with van der Waals surface area (Å²) in [6.45, 7) is 7.61. The SMILES string of the molecule is CC1CN([C@@H](C)CO)C(=O)Cc2cc(NC(=O)Nc3ccccc3N3CCCCC3)ccc2O[C@H]1CN(C)Cc1ccncc1. The molecule has 0 spiro atoms. The van der Waals surface area contributed by atoms with Gasteiger partial charge in [-0.2, -0.15) is 0 Å². The van der Waals surface area contributed by atoms with Crippen molar-refractivity contribution in [3.63, 3.8) is 0 Å². The number of urea groups is 1. The number of amides is 3. The topological polar surface area (TPSA) is 110 Å². The summed E-state index contributed by atoms with van der Waals surface area (Å²) < 4.78 is 6.66. The van der Waals surface area contributed by atoms with E-state index >= 15 is 0 Å². The normalized spacial score (nSPS) is 19.5. The first-order valence-electron chi connectivity index (χ1n) is 16.0. The molecule has 1 aromatic heterocycles. The second-order valence-electron chi connectivity index (χ2n) is 12.4. The van der Waals surface area contributed by atoms with Crippen molar-refractivity contribution in [3.8, 4) is 5.75 Å². The number of nitrogens with zero attached hydrogens (tertiary/aromatic N) is 4. The summed E-state index contributed by atoms with van der Waals surface area (Å²) >= 11 is 0. The summed E-state index contributed by atoms with van der Waals surface area (Å²) in [6, 6.07) is 16.7. The Kier molecular flexibility index (Phi) is 10.9. The van der Waals surface area contributed by atoms with E-state index in [2.05, 4.69) is 39.4 Å². The number of fused-ring (bicyclic) bond motifs is 1. The van der Waals surface area contributed by atoms with E-state index in [9.17, 15) is 14.7 Å². The molecule has 45 heavy (non-hydrogen) atoms. The molecule has 10 heteroatoms. The number of likely N-dealkylation sites (N-methyl/N-ethyl adjacent to an activating group) is 1. The molecular weight excluding hydrogens is 568 g/mol. The highest BCUT2D eigenvalue weighted by Gasteiger charge is 2.31.